The number of rotatable bonds is 1. The first-order valence-corrected chi connectivity index (χ1v) is 4.54. The number of amides is 1. The molecule has 0 unspecified atom stereocenters. The molecule has 0 fully saturated rings. The third-order valence-electron chi connectivity index (χ3n) is 2.25. The van der Waals surface area contributed by atoms with Crippen molar-refractivity contribution in [1.29, 1.82) is 0 Å². The van der Waals surface area contributed by atoms with Gasteiger partial charge in [0.25, 0.3) is 0 Å². The molecule has 1 rings (SSSR count). The van der Waals surface area contributed by atoms with Crippen molar-refractivity contribution in [2.45, 2.75) is 19.3 Å². The quantitative estimate of drug-likeness (QED) is 0.783. The van der Waals surface area contributed by atoms with Crippen LogP contribution in [0.1, 0.15) is 27.0 Å². The molecule has 0 aliphatic carbocycles. The summed E-state index contributed by atoms with van der Waals surface area (Å²) in [5, 5.41) is 0. The van der Waals surface area contributed by atoms with Crippen LogP contribution in [0, 0.1) is 6.92 Å². The normalized spacial score (nSPS) is 12.6. The molecule has 8 heteroatoms. The van der Waals surface area contributed by atoms with Crippen LogP contribution in [0.15, 0.2) is 12.1 Å². The highest BCUT2D eigenvalue weighted by atomic mass is 19.4. The molecule has 0 aliphatic heterocycles. The Morgan fingerprint density at radius 3 is 1.89 bits per heavy atom. The van der Waals surface area contributed by atoms with Crippen molar-refractivity contribution in [1.82, 2.24) is 0 Å². The van der Waals surface area contributed by atoms with E-state index in [4.69, 9.17) is 0 Å². The smallest absolute Gasteiger partial charge is 0.366 e. The van der Waals surface area contributed by atoms with Crippen LogP contribution in [0.2, 0.25) is 0 Å². The number of carbonyl (C=O) groups is 1. The third-order valence-corrected chi connectivity index (χ3v) is 2.25. The lowest BCUT2D eigenvalue weighted by Crippen LogP contribution is -2.25. The molecular formula is C10H7F6NO. The number of hydrogen-bond donors (Lipinski definition) is 1. The Morgan fingerprint density at radius 1 is 1.06 bits per heavy atom. The van der Waals surface area contributed by atoms with E-state index in [1.807, 2.05) is 0 Å². The highest BCUT2D eigenvalue weighted by molar-refractivity contribution is 5.96. The Kier molecular flexibility index (Phi) is 3.33. The van der Waals surface area contributed by atoms with Gasteiger partial charge in [0.05, 0.1) is 16.7 Å². The first-order chi connectivity index (χ1) is 7.96. The minimum atomic E-state index is -5.09. The minimum Gasteiger partial charge on any atom is -0.366 e. The van der Waals surface area contributed by atoms with Crippen LogP contribution in [-0.4, -0.2) is 5.91 Å². The number of halogens is 6. The van der Waals surface area contributed by atoms with Crippen LogP contribution >= 0.6 is 0 Å². The van der Waals surface area contributed by atoms with Crippen molar-refractivity contribution in [3.8, 4) is 0 Å². The maximum absolute atomic E-state index is 12.7. The average molecular weight is 271 g/mol. The highest BCUT2D eigenvalue weighted by Crippen LogP contribution is 2.40. The molecule has 100 valence electrons. The van der Waals surface area contributed by atoms with Gasteiger partial charge in [-0.3, -0.25) is 4.79 Å². The maximum atomic E-state index is 12.7. The van der Waals surface area contributed by atoms with Gasteiger partial charge < -0.3 is 5.73 Å². The van der Waals surface area contributed by atoms with E-state index in [0.29, 0.717) is 12.1 Å². The van der Waals surface area contributed by atoms with E-state index in [9.17, 15) is 31.1 Å². The van der Waals surface area contributed by atoms with Gasteiger partial charge in [0.2, 0.25) is 5.91 Å². The average Bonchev–Trinajstić information content (AvgIpc) is 2.12. The monoisotopic (exact) mass is 271 g/mol. The molecule has 0 saturated carbocycles. The fourth-order valence-electron chi connectivity index (χ4n) is 1.56. The minimum absolute atomic E-state index is 0.407. The van der Waals surface area contributed by atoms with Crippen molar-refractivity contribution in [2.24, 2.45) is 5.73 Å². The Bertz CT molecular complexity index is 488. The largest absolute Gasteiger partial charge is 0.417 e. The molecule has 0 aliphatic rings. The number of nitrogens with two attached hydrogens (primary N) is 1. The summed E-state index contributed by atoms with van der Waals surface area (Å²) >= 11 is 0. The molecule has 1 aromatic rings. The molecule has 0 heterocycles. The topological polar surface area (TPSA) is 43.1 Å². The van der Waals surface area contributed by atoms with Crippen LogP contribution in [0.4, 0.5) is 26.3 Å². The second-order valence-electron chi connectivity index (χ2n) is 3.54. The van der Waals surface area contributed by atoms with E-state index in [2.05, 4.69) is 5.73 Å². The molecule has 0 atom stereocenters. The fourth-order valence-corrected chi connectivity index (χ4v) is 1.56. The van der Waals surface area contributed by atoms with Crippen molar-refractivity contribution < 1.29 is 31.1 Å². The van der Waals surface area contributed by atoms with Crippen molar-refractivity contribution in [3.63, 3.8) is 0 Å². The Balaban J connectivity index is 3.76. The summed E-state index contributed by atoms with van der Waals surface area (Å²) in [4.78, 5) is 10.9. The molecule has 0 aromatic heterocycles. The van der Waals surface area contributed by atoms with Gasteiger partial charge in [0.15, 0.2) is 0 Å². The van der Waals surface area contributed by atoms with Crippen molar-refractivity contribution >= 4 is 5.91 Å². The number of benzene rings is 1. The summed E-state index contributed by atoms with van der Waals surface area (Å²) in [6, 6.07) is 1.06. The highest BCUT2D eigenvalue weighted by Gasteiger charge is 2.43. The van der Waals surface area contributed by atoms with Gasteiger partial charge in [0, 0.05) is 0 Å². The van der Waals surface area contributed by atoms with Crippen LogP contribution in [0.25, 0.3) is 0 Å². The predicted octanol–water partition coefficient (Wildman–Crippen LogP) is 3.13. The van der Waals surface area contributed by atoms with Gasteiger partial charge in [-0.15, -0.1) is 0 Å². The molecule has 0 saturated heterocycles. The Morgan fingerprint density at radius 2 is 1.56 bits per heavy atom. The molecule has 18 heavy (non-hydrogen) atoms. The molecular weight excluding hydrogens is 264 g/mol. The number of alkyl halides is 6. The molecule has 0 spiro atoms. The van der Waals surface area contributed by atoms with Crippen LogP contribution in [0.5, 0.6) is 0 Å². The standard InChI is InChI=1S/C10H7F6NO/c1-4-2-3-5(9(11,12)13)6(8(17)18)7(4)10(14,15)16/h2-3H,1H3,(H2,17,18). The number of primary amides is 1. The van der Waals surface area contributed by atoms with Gasteiger partial charge >= 0.3 is 12.4 Å². The summed E-state index contributed by atoms with van der Waals surface area (Å²) < 4.78 is 75.6. The van der Waals surface area contributed by atoms with Gasteiger partial charge in [0.1, 0.15) is 0 Å². The molecule has 1 aromatic carbocycles. The van der Waals surface area contributed by atoms with Gasteiger partial charge in [-0.05, 0) is 18.6 Å². The number of aryl methyl sites for hydroxylation is 1. The summed E-state index contributed by atoms with van der Waals surface area (Å²) in [6.07, 6.45) is -10.2. The first-order valence-electron chi connectivity index (χ1n) is 4.54. The van der Waals surface area contributed by atoms with E-state index in [1.165, 1.54) is 0 Å². The number of hydrogen-bond acceptors (Lipinski definition) is 1. The SMILES string of the molecule is Cc1ccc(C(F)(F)F)c(C(N)=O)c1C(F)(F)F. The lowest BCUT2D eigenvalue weighted by Gasteiger charge is -2.18. The zero-order chi connectivity index (χ0) is 14.3. The summed E-state index contributed by atoms with van der Waals surface area (Å²) in [5.41, 5.74) is -0.739. The van der Waals surface area contributed by atoms with Crippen molar-refractivity contribution in [3.05, 3.63) is 34.4 Å². The van der Waals surface area contributed by atoms with Gasteiger partial charge in [-0.25, -0.2) is 0 Å². The molecule has 0 bridgehead atoms. The second kappa shape index (κ2) is 4.18. The maximum Gasteiger partial charge on any atom is 0.417 e. The van der Waals surface area contributed by atoms with Crippen LogP contribution in [0.3, 0.4) is 0 Å². The second-order valence-corrected chi connectivity index (χ2v) is 3.54. The lowest BCUT2D eigenvalue weighted by molar-refractivity contribution is -0.143. The van der Waals surface area contributed by atoms with Crippen molar-refractivity contribution in [2.75, 3.05) is 0 Å². The zero-order valence-electron chi connectivity index (χ0n) is 8.91. The first kappa shape index (κ1) is 14.3. The number of carbonyl (C=O) groups excluding carboxylic acids is 1. The predicted molar refractivity (Wildman–Crippen MR) is 49.7 cm³/mol. The summed E-state index contributed by atoms with van der Waals surface area (Å²) in [5.74, 6) is -1.77. The molecule has 0 radical (unpaired) electrons. The zero-order valence-corrected chi connectivity index (χ0v) is 8.91. The fraction of sp³-hybridized carbons (Fsp3) is 0.300. The van der Waals surface area contributed by atoms with Crippen LogP contribution in [-0.2, 0) is 12.4 Å². The Labute approximate surface area is 97.4 Å². The van der Waals surface area contributed by atoms with E-state index in [1.54, 1.807) is 0 Å². The Hall–Kier alpha value is -1.73. The third kappa shape index (κ3) is 2.57. The molecule has 1 amide bonds. The summed E-state index contributed by atoms with van der Waals surface area (Å²) in [7, 11) is 0. The van der Waals surface area contributed by atoms with Gasteiger partial charge in [-0.2, -0.15) is 26.3 Å². The molecule has 2 N–H and O–H groups in total. The lowest BCUT2D eigenvalue weighted by atomic mass is 9.95. The molecule has 2 nitrogen and oxygen atoms in total. The van der Waals surface area contributed by atoms with E-state index in [-0.39, 0.29) is 0 Å². The van der Waals surface area contributed by atoms with E-state index in [0.717, 1.165) is 6.92 Å². The van der Waals surface area contributed by atoms with Crippen LogP contribution < -0.4 is 5.73 Å². The van der Waals surface area contributed by atoms with E-state index < -0.39 is 40.5 Å². The van der Waals surface area contributed by atoms with Gasteiger partial charge in [-0.1, -0.05) is 6.07 Å². The van der Waals surface area contributed by atoms with E-state index >= 15 is 0 Å². The summed E-state index contributed by atoms with van der Waals surface area (Å²) in [6.45, 7) is 0.954.